The van der Waals surface area contributed by atoms with Crippen LogP contribution in [0.3, 0.4) is 0 Å². The second kappa shape index (κ2) is 3.71. The highest BCUT2D eigenvalue weighted by atomic mass is 14.7. The molecule has 0 bridgehead atoms. The summed E-state index contributed by atoms with van der Waals surface area (Å²) < 4.78 is 0. The van der Waals surface area contributed by atoms with E-state index in [0.717, 1.165) is 11.3 Å². The first-order valence-corrected chi connectivity index (χ1v) is 4.29. The predicted molar refractivity (Wildman–Crippen MR) is 55.9 cm³/mol. The van der Waals surface area contributed by atoms with Gasteiger partial charge in [-0.3, -0.25) is 4.98 Å². The normalized spacial score (nSPS) is 9.36. The molecule has 1 aromatic carbocycles. The molecule has 0 fully saturated rings. The Bertz CT molecular complexity index is 452. The topological polar surface area (TPSA) is 17.2 Å². The maximum atomic E-state index is 6.80. The molecule has 0 N–H and O–H groups in total. The first kappa shape index (κ1) is 8.46. The fourth-order valence-corrected chi connectivity index (χ4v) is 1.23. The lowest BCUT2D eigenvalue weighted by molar-refractivity contribution is 1.33. The van der Waals surface area contributed by atoms with Crippen molar-refractivity contribution in [3.63, 3.8) is 0 Å². The summed E-state index contributed by atoms with van der Waals surface area (Å²) in [4.78, 5) is 7.50. The van der Waals surface area contributed by atoms with E-state index < -0.39 is 0 Å². The van der Waals surface area contributed by atoms with Gasteiger partial charge < -0.3 is 0 Å². The third-order valence-corrected chi connectivity index (χ3v) is 1.95. The van der Waals surface area contributed by atoms with Gasteiger partial charge in [-0.1, -0.05) is 36.4 Å². The molecule has 0 atom stereocenters. The zero-order chi connectivity index (χ0) is 9.80. The second-order valence-corrected chi connectivity index (χ2v) is 2.88. The molecule has 0 aliphatic heterocycles. The molecule has 2 heteroatoms. The van der Waals surface area contributed by atoms with Gasteiger partial charge in [-0.25, -0.2) is 4.85 Å². The van der Waals surface area contributed by atoms with E-state index in [1.165, 1.54) is 0 Å². The van der Waals surface area contributed by atoms with Crippen molar-refractivity contribution >= 4 is 5.69 Å². The van der Waals surface area contributed by atoms with Crippen molar-refractivity contribution in [3.05, 3.63) is 60.1 Å². The Morgan fingerprint density at radius 1 is 1.00 bits per heavy atom. The summed E-state index contributed by atoms with van der Waals surface area (Å²) in [6.45, 7) is 6.80. The highest BCUT2D eigenvalue weighted by molar-refractivity contribution is 5.60. The highest BCUT2D eigenvalue weighted by Crippen LogP contribution is 2.18. The lowest BCUT2D eigenvalue weighted by Gasteiger charge is -1.99. The molecule has 0 aliphatic carbocycles. The standard InChI is InChI=1S/C12H8N2/c1-13-11-7-8-12(14-9-11)10-5-3-2-4-6-10/h2-9H. The number of rotatable bonds is 1. The van der Waals surface area contributed by atoms with Gasteiger partial charge in [0.1, 0.15) is 0 Å². The van der Waals surface area contributed by atoms with Crippen molar-refractivity contribution in [2.24, 2.45) is 0 Å². The minimum Gasteiger partial charge on any atom is -0.268 e. The molecular weight excluding hydrogens is 172 g/mol. The summed E-state index contributed by atoms with van der Waals surface area (Å²) in [6, 6.07) is 13.6. The number of nitrogens with zero attached hydrogens (tertiary/aromatic N) is 2. The molecule has 0 saturated carbocycles. The van der Waals surface area contributed by atoms with Crippen LogP contribution in [0.1, 0.15) is 0 Å². The van der Waals surface area contributed by atoms with Crippen LogP contribution in [-0.2, 0) is 0 Å². The summed E-state index contributed by atoms with van der Waals surface area (Å²) in [6.07, 6.45) is 1.59. The molecular formula is C12H8N2. The Morgan fingerprint density at radius 2 is 1.79 bits per heavy atom. The third-order valence-electron chi connectivity index (χ3n) is 1.95. The van der Waals surface area contributed by atoms with Crippen LogP contribution in [0.2, 0.25) is 0 Å². The number of hydrogen-bond donors (Lipinski definition) is 0. The molecule has 0 unspecified atom stereocenters. The lowest BCUT2D eigenvalue weighted by atomic mass is 10.1. The summed E-state index contributed by atoms with van der Waals surface area (Å²) in [5, 5.41) is 0. The van der Waals surface area contributed by atoms with Crippen LogP contribution in [0.5, 0.6) is 0 Å². The monoisotopic (exact) mass is 180 g/mol. The quantitative estimate of drug-likeness (QED) is 0.615. The number of benzene rings is 1. The van der Waals surface area contributed by atoms with Crippen LogP contribution in [0, 0.1) is 6.57 Å². The molecule has 1 heterocycles. The third kappa shape index (κ3) is 1.62. The van der Waals surface area contributed by atoms with Gasteiger partial charge in [0.05, 0.1) is 12.3 Å². The van der Waals surface area contributed by atoms with E-state index in [0.29, 0.717) is 5.69 Å². The van der Waals surface area contributed by atoms with Crippen molar-refractivity contribution in [1.82, 2.24) is 4.98 Å². The Morgan fingerprint density at radius 3 is 2.36 bits per heavy atom. The Labute approximate surface area is 82.7 Å². The van der Waals surface area contributed by atoms with E-state index in [2.05, 4.69) is 9.83 Å². The van der Waals surface area contributed by atoms with Gasteiger partial charge in [0.15, 0.2) is 0 Å². The van der Waals surface area contributed by atoms with Gasteiger partial charge in [-0.15, -0.1) is 0 Å². The first-order valence-electron chi connectivity index (χ1n) is 4.29. The van der Waals surface area contributed by atoms with Gasteiger partial charge in [0, 0.05) is 6.20 Å². The Balaban J connectivity index is 2.40. The molecule has 2 rings (SSSR count). The molecule has 14 heavy (non-hydrogen) atoms. The van der Waals surface area contributed by atoms with Crippen LogP contribution in [-0.4, -0.2) is 4.98 Å². The second-order valence-electron chi connectivity index (χ2n) is 2.88. The van der Waals surface area contributed by atoms with Gasteiger partial charge in [-0.05, 0) is 11.6 Å². The summed E-state index contributed by atoms with van der Waals surface area (Å²) >= 11 is 0. The smallest absolute Gasteiger partial charge is 0.205 e. The minimum absolute atomic E-state index is 0.574. The van der Waals surface area contributed by atoms with E-state index in [1.54, 1.807) is 12.3 Å². The number of hydrogen-bond acceptors (Lipinski definition) is 1. The molecule has 0 saturated heterocycles. The lowest BCUT2D eigenvalue weighted by Crippen LogP contribution is -1.80. The molecule has 66 valence electrons. The molecule has 0 amide bonds. The van der Waals surface area contributed by atoms with E-state index in [4.69, 9.17) is 6.57 Å². The van der Waals surface area contributed by atoms with Crippen LogP contribution < -0.4 is 0 Å². The number of pyridine rings is 1. The van der Waals surface area contributed by atoms with Gasteiger partial charge in [-0.2, -0.15) is 0 Å². The Hall–Kier alpha value is -2.14. The average Bonchev–Trinajstić information content (AvgIpc) is 2.30. The predicted octanol–water partition coefficient (Wildman–Crippen LogP) is 3.30. The fraction of sp³-hybridized carbons (Fsp3) is 0. The first-order chi connectivity index (χ1) is 6.90. The number of aromatic nitrogens is 1. The van der Waals surface area contributed by atoms with E-state index in [9.17, 15) is 0 Å². The van der Waals surface area contributed by atoms with Gasteiger partial charge in [0.2, 0.25) is 5.69 Å². The van der Waals surface area contributed by atoms with Crippen molar-refractivity contribution in [3.8, 4) is 11.3 Å². The van der Waals surface area contributed by atoms with E-state index in [-0.39, 0.29) is 0 Å². The molecule has 0 aliphatic rings. The van der Waals surface area contributed by atoms with Crippen molar-refractivity contribution in [1.29, 1.82) is 0 Å². The summed E-state index contributed by atoms with van der Waals surface area (Å²) in [7, 11) is 0. The largest absolute Gasteiger partial charge is 0.268 e. The van der Waals surface area contributed by atoms with Crippen molar-refractivity contribution in [2.45, 2.75) is 0 Å². The zero-order valence-electron chi connectivity index (χ0n) is 7.51. The highest BCUT2D eigenvalue weighted by Gasteiger charge is 1.97. The van der Waals surface area contributed by atoms with Crippen LogP contribution in [0.15, 0.2) is 48.7 Å². The van der Waals surface area contributed by atoms with Gasteiger partial charge >= 0.3 is 0 Å². The Kier molecular flexibility index (Phi) is 2.24. The maximum absolute atomic E-state index is 6.80. The molecule has 1 aromatic heterocycles. The average molecular weight is 180 g/mol. The van der Waals surface area contributed by atoms with Crippen LogP contribution >= 0.6 is 0 Å². The summed E-state index contributed by atoms with van der Waals surface area (Å²) in [5.41, 5.74) is 2.55. The molecule has 2 nitrogen and oxygen atoms in total. The molecule has 0 spiro atoms. The molecule has 0 radical (unpaired) electrons. The SMILES string of the molecule is [C-]#[N+]c1ccc(-c2ccccc2)nc1. The van der Waals surface area contributed by atoms with E-state index in [1.807, 2.05) is 36.4 Å². The maximum Gasteiger partial charge on any atom is 0.205 e. The van der Waals surface area contributed by atoms with Gasteiger partial charge in [0.25, 0.3) is 0 Å². The molecule has 2 aromatic rings. The summed E-state index contributed by atoms with van der Waals surface area (Å²) in [5.74, 6) is 0. The minimum atomic E-state index is 0.574. The van der Waals surface area contributed by atoms with Crippen molar-refractivity contribution < 1.29 is 0 Å². The van der Waals surface area contributed by atoms with E-state index >= 15 is 0 Å². The van der Waals surface area contributed by atoms with Crippen molar-refractivity contribution in [2.75, 3.05) is 0 Å². The van der Waals surface area contributed by atoms with Crippen LogP contribution in [0.25, 0.3) is 16.1 Å². The zero-order valence-corrected chi connectivity index (χ0v) is 7.51. The fourth-order valence-electron chi connectivity index (χ4n) is 1.23. The van der Waals surface area contributed by atoms with Crippen LogP contribution in [0.4, 0.5) is 5.69 Å².